The smallest absolute Gasteiger partial charge is 0.243 e. The van der Waals surface area contributed by atoms with E-state index in [1.807, 2.05) is 26.0 Å². The fourth-order valence-corrected chi connectivity index (χ4v) is 4.17. The predicted molar refractivity (Wildman–Crippen MR) is 73.7 cm³/mol. The van der Waals surface area contributed by atoms with Crippen LogP contribution in [-0.2, 0) is 23.0 Å². The van der Waals surface area contributed by atoms with Gasteiger partial charge in [-0.3, -0.25) is 0 Å². The van der Waals surface area contributed by atoms with Gasteiger partial charge in [-0.1, -0.05) is 22.9 Å². The van der Waals surface area contributed by atoms with Crippen molar-refractivity contribution < 1.29 is 12.9 Å². The van der Waals surface area contributed by atoms with E-state index in [-0.39, 0.29) is 0 Å². The van der Waals surface area contributed by atoms with Crippen LogP contribution in [0.2, 0.25) is 0 Å². The number of benzene rings is 1. The first-order chi connectivity index (χ1) is 9.48. The highest BCUT2D eigenvalue weighted by Gasteiger charge is 2.30. The molecule has 0 saturated heterocycles. The number of aromatic nitrogens is 1. The maximum Gasteiger partial charge on any atom is 0.243 e. The lowest BCUT2D eigenvalue weighted by Crippen LogP contribution is -2.35. The molecule has 0 N–H and O–H groups in total. The molecular formula is C14H16N2O3S. The van der Waals surface area contributed by atoms with E-state index >= 15 is 0 Å². The van der Waals surface area contributed by atoms with Crippen molar-refractivity contribution in [2.24, 2.45) is 0 Å². The Morgan fingerprint density at radius 1 is 1.30 bits per heavy atom. The number of hydrogen-bond acceptors (Lipinski definition) is 4. The van der Waals surface area contributed by atoms with E-state index in [1.165, 1.54) is 4.31 Å². The lowest BCUT2D eigenvalue weighted by Gasteiger charge is -2.25. The summed E-state index contributed by atoms with van der Waals surface area (Å²) in [6, 6.07) is 5.40. The fourth-order valence-electron chi connectivity index (χ4n) is 2.55. The van der Waals surface area contributed by atoms with Crippen molar-refractivity contribution in [3.05, 3.63) is 46.8 Å². The van der Waals surface area contributed by atoms with Gasteiger partial charge in [-0.25, -0.2) is 8.42 Å². The molecule has 106 valence electrons. The number of rotatable bonds is 2. The number of sulfonamides is 1. The average molecular weight is 292 g/mol. The number of fused-ring (bicyclic) bond motifs is 1. The highest BCUT2D eigenvalue weighted by molar-refractivity contribution is 7.89. The molecule has 1 aromatic heterocycles. The van der Waals surface area contributed by atoms with Crippen LogP contribution in [0, 0.1) is 13.8 Å². The van der Waals surface area contributed by atoms with Crippen LogP contribution in [0.25, 0.3) is 0 Å². The Hall–Kier alpha value is -1.66. The third-order valence-corrected chi connectivity index (χ3v) is 5.62. The summed E-state index contributed by atoms with van der Waals surface area (Å²) in [7, 11) is -3.47. The van der Waals surface area contributed by atoms with Gasteiger partial charge in [-0.05, 0) is 25.5 Å². The van der Waals surface area contributed by atoms with Crippen molar-refractivity contribution in [1.29, 1.82) is 0 Å². The molecule has 0 radical (unpaired) electrons. The molecular weight excluding hydrogens is 276 g/mol. The Bertz CT molecular complexity index is 750. The summed E-state index contributed by atoms with van der Waals surface area (Å²) in [5.74, 6) is 0.789. The van der Waals surface area contributed by atoms with Crippen molar-refractivity contribution in [1.82, 2.24) is 9.46 Å². The number of hydrogen-bond donors (Lipinski definition) is 0. The van der Waals surface area contributed by atoms with Crippen LogP contribution in [-0.4, -0.2) is 24.4 Å². The first-order valence-corrected chi connectivity index (χ1v) is 7.92. The molecule has 3 rings (SSSR count). The summed E-state index contributed by atoms with van der Waals surface area (Å²) >= 11 is 0. The van der Waals surface area contributed by atoms with Gasteiger partial charge in [0.2, 0.25) is 10.0 Å². The van der Waals surface area contributed by atoms with Crippen molar-refractivity contribution in [2.75, 3.05) is 6.54 Å². The fraction of sp³-hybridized carbons (Fsp3) is 0.357. The molecule has 1 aliphatic rings. The Morgan fingerprint density at radius 3 is 2.85 bits per heavy atom. The van der Waals surface area contributed by atoms with Gasteiger partial charge < -0.3 is 4.52 Å². The number of aryl methyl sites for hydroxylation is 2. The zero-order valence-corrected chi connectivity index (χ0v) is 12.3. The van der Waals surface area contributed by atoms with E-state index in [0.29, 0.717) is 24.4 Å². The Morgan fingerprint density at radius 2 is 2.10 bits per heavy atom. The Balaban J connectivity index is 1.97. The second kappa shape index (κ2) is 4.71. The van der Waals surface area contributed by atoms with Gasteiger partial charge in [-0.15, -0.1) is 0 Å². The molecule has 6 heteroatoms. The number of nitrogens with zero attached hydrogens (tertiary/aromatic N) is 2. The minimum absolute atomic E-state index is 0.328. The molecule has 0 amide bonds. The van der Waals surface area contributed by atoms with Crippen LogP contribution in [0.3, 0.4) is 0 Å². The van der Waals surface area contributed by atoms with Gasteiger partial charge in [0.05, 0.1) is 11.1 Å². The predicted octanol–water partition coefficient (Wildman–Crippen LogP) is 2.04. The van der Waals surface area contributed by atoms with E-state index < -0.39 is 10.0 Å². The molecule has 0 atom stereocenters. The van der Waals surface area contributed by atoms with Crippen LogP contribution in [0.4, 0.5) is 0 Å². The normalized spacial score (nSPS) is 16.1. The van der Waals surface area contributed by atoms with Crippen LogP contribution < -0.4 is 0 Å². The van der Waals surface area contributed by atoms with Gasteiger partial charge in [0, 0.05) is 25.1 Å². The zero-order valence-electron chi connectivity index (χ0n) is 11.5. The van der Waals surface area contributed by atoms with E-state index in [0.717, 1.165) is 22.5 Å². The Kier molecular flexibility index (Phi) is 3.14. The lowest BCUT2D eigenvalue weighted by molar-refractivity contribution is 0.331. The quantitative estimate of drug-likeness (QED) is 0.849. The van der Waals surface area contributed by atoms with Crippen molar-refractivity contribution >= 4 is 10.0 Å². The summed E-state index contributed by atoms with van der Waals surface area (Å²) in [6.07, 6.45) is 2.17. The minimum atomic E-state index is -3.47. The molecule has 20 heavy (non-hydrogen) atoms. The summed E-state index contributed by atoms with van der Waals surface area (Å²) in [4.78, 5) is 0.378. The summed E-state index contributed by atoms with van der Waals surface area (Å²) < 4.78 is 32.0. The van der Waals surface area contributed by atoms with Gasteiger partial charge in [0.25, 0.3) is 0 Å². The molecule has 1 aromatic carbocycles. The second-order valence-corrected chi connectivity index (χ2v) is 7.04. The monoisotopic (exact) mass is 292 g/mol. The first kappa shape index (κ1) is 13.3. The third kappa shape index (κ3) is 2.14. The minimum Gasteiger partial charge on any atom is -0.361 e. The molecule has 2 heterocycles. The van der Waals surface area contributed by atoms with Crippen molar-refractivity contribution in [3.63, 3.8) is 0 Å². The van der Waals surface area contributed by atoms with E-state index in [9.17, 15) is 8.42 Å². The maximum absolute atomic E-state index is 12.7. The summed E-state index contributed by atoms with van der Waals surface area (Å²) in [5.41, 5.74) is 2.69. The van der Waals surface area contributed by atoms with Crippen molar-refractivity contribution in [3.8, 4) is 0 Å². The highest BCUT2D eigenvalue weighted by atomic mass is 32.2. The van der Waals surface area contributed by atoms with Crippen LogP contribution in [0.1, 0.15) is 22.5 Å². The molecule has 5 nitrogen and oxygen atoms in total. The first-order valence-electron chi connectivity index (χ1n) is 6.48. The van der Waals surface area contributed by atoms with Crippen molar-refractivity contribution in [2.45, 2.75) is 31.7 Å². The van der Waals surface area contributed by atoms with E-state index in [1.54, 1.807) is 12.3 Å². The molecule has 2 aromatic rings. The molecule has 1 aliphatic heterocycles. The van der Waals surface area contributed by atoms with Crippen LogP contribution in [0.15, 0.2) is 33.8 Å². The van der Waals surface area contributed by atoms with Crippen LogP contribution >= 0.6 is 0 Å². The molecule has 0 saturated carbocycles. The van der Waals surface area contributed by atoms with Gasteiger partial charge in [0.15, 0.2) is 0 Å². The molecule has 0 spiro atoms. The van der Waals surface area contributed by atoms with Gasteiger partial charge >= 0.3 is 0 Å². The lowest BCUT2D eigenvalue weighted by atomic mass is 10.1. The highest BCUT2D eigenvalue weighted by Crippen LogP contribution is 2.26. The Labute approximate surface area is 118 Å². The maximum atomic E-state index is 12.7. The third-order valence-electron chi connectivity index (χ3n) is 3.61. The molecule has 0 fully saturated rings. The van der Waals surface area contributed by atoms with Crippen LogP contribution in [0.5, 0.6) is 0 Å². The molecule has 0 unspecified atom stereocenters. The molecule has 0 bridgehead atoms. The zero-order chi connectivity index (χ0) is 14.3. The summed E-state index contributed by atoms with van der Waals surface area (Å²) in [6.45, 7) is 4.54. The van der Waals surface area contributed by atoms with E-state index in [2.05, 4.69) is 5.16 Å². The van der Waals surface area contributed by atoms with Gasteiger partial charge in [0.1, 0.15) is 5.76 Å². The standard InChI is InChI=1S/C14H16N2O3S/c1-10-3-4-14(11(2)7-10)20(17,18)16-6-5-13-12(9-16)8-15-19-13/h3-4,7-8H,5-6,9H2,1-2H3. The largest absolute Gasteiger partial charge is 0.361 e. The molecule has 0 aliphatic carbocycles. The topological polar surface area (TPSA) is 63.4 Å². The van der Waals surface area contributed by atoms with E-state index in [4.69, 9.17) is 4.52 Å². The SMILES string of the molecule is Cc1ccc(S(=O)(=O)N2CCc3oncc3C2)c(C)c1. The average Bonchev–Trinajstić information content (AvgIpc) is 2.85. The van der Waals surface area contributed by atoms with Gasteiger partial charge in [-0.2, -0.15) is 4.31 Å². The second-order valence-electron chi connectivity index (χ2n) is 5.13. The summed E-state index contributed by atoms with van der Waals surface area (Å²) in [5, 5.41) is 3.73.